The van der Waals surface area contributed by atoms with Gasteiger partial charge in [0.2, 0.25) is 5.91 Å². The minimum absolute atomic E-state index is 0.118. The first-order chi connectivity index (χ1) is 15.1. The van der Waals surface area contributed by atoms with E-state index in [1.807, 2.05) is 46.9 Å². The summed E-state index contributed by atoms with van der Waals surface area (Å²) in [4.78, 5) is 18.7. The normalized spacial score (nSPS) is 16.5. The number of halogens is 1. The Morgan fingerprint density at radius 3 is 3.10 bits per heavy atom. The summed E-state index contributed by atoms with van der Waals surface area (Å²) >= 11 is 5.97. The highest BCUT2D eigenvalue weighted by molar-refractivity contribution is 6.30. The summed E-state index contributed by atoms with van der Waals surface area (Å²) < 4.78 is 13.6. The van der Waals surface area contributed by atoms with E-state index in [1.54, 1.807) is 12.3 Å². The van der Waals surface area contributed by atoms with E-state index in [4.69, 9.17) is 21.1 Å². The molecule has 0 aliphatic carbocycles. The fourth-order valence-corrected chi connectivity index (χ4v) is 3.76. The van der Waals surface area contributed by atoms with Gasteiger partial charge in [-0.05, 0) is 31.2 Å². The van der Waals surface area contributed by atoms with E-state index < -0.39 is 0 Å². The molecule has 1 atom stereocenters. The van der Waals surface area contributed by atoms with Crippen LogP contribution in [-0.2, 0) is 22.5 Å². The molecule has 4 rings (SSSR count). The molecule has 0 bridgehead atoms. The van der Waals surface area contributed by atoms with Gasteiger partial charge in [-0.3, -0.25) is 9.89 Å². The second-order valence-electron chi connectivity index (χ2n) is 7.49. The summed E-state index contributed by atoms with van der Waals surface area (Å²) in [5.41, 5.74) is 1.76. The summed E-state index contributed by atoms with van der Waals surface area (Å²) in [5.74, 6) is 1.77. The minimum Gasteiger partial charge on any atom is -0.493 e. The van der Waals surface area contributed by atoms with Crippen molar-refractivity contribution in [1.29, 1.82) is 0 Å². The Labute approximate surface area is 186 Å². The molecule has 8 nitrogen and oxygen atoms in total. The molecule has 0 saturated carbocycles. The van der Waals surface area contributed by atoms with E-state index in [0.29, 0.717) is 50.7 Å². The Bertz CT molecular complexity index is 1020. The second-order valence-corrected chi connectivity index (χ2v) is 7.93. The van der Waals surface area contributed by atoms with Gasteiger partial charge in [0, 0.05) is 49.0 Å². The Morgan fingerprint density at radius 2 is 2.29 bits per heavy atom. The Morgan fingerprint density at radius 1 is 1.39 bits per heavy atom. The zero-order valence-electron chi connectivity index (χ0n) is 17.5. The number of hydrogen-bond donors (Lipinski definition) is 1. The van der Waals surface area contributed by atoms with Crippen molar-refractivity contribution in [2.24, 2.45) is 0 Å². The third-order valence-corrected chi connectivity index (χ3v) is 5.56. The summed E-state index contributed by atoms with van der Waals surface area (Å²) in [5, 5.41) is 8.09. The van der Waals surface area contributed by atoms with Crippen LogP contribution in [0.4, 0.5) is 0 Å². The number of carbonyl (C=O) groups excluding carboxylic acids is 1. The molecule has 1 aliphatic heterocycles. The zero-order chi connectivity index (χ0) is 21.6. The van der Waals surface area contributed by atoms with Gasteiger partial charge >= 0.3 is 0 Å². The highest BCUT2D eigenvalue weighted by Crippen LogP contribution is 2.22. The number of rotatable bonds is 8. The van der Waals surface area contributed by atoms with Crippen LogP contribution in [0.3, 0.4) is 0 Å². The molecule has 1 fully saturated rings. The van der Waals surface area contributed by atoms with E-state index in [2.05, 4.69) is 15.2 Å². The summed E-state index contributed by atoms with van der Waals surface area (Å²) in [6.07, 6.45) is 4.54. The molecule has 2 aromatic heterocycles. The number of morpholine rings is 1. The van der Waals surface area contributed by atoms with Crippen LogP contribution in [0.2, 0.25) is 5.02 Å². The molecular formula is C22H26ClN5O3. The average Bonchev–Trinajstić information content (AvgIpc) is 3.41. The number of amides is 1. The molecule has 1 amide bonds. The van der Waals surface area contributed by atoms with Crippen molar-refractivity contribution in [3.63, 3.8) is 0 Å². The van der Waals surface area contributed by atoms with Crippen molar-refractivity contribution in [3.8, 4) is 5.75 Å². The lowest BCUT2D eigenvalue weighted by molar-refractivity contribution is -0.139. The molecule has 3 aromatic rings. The molecule has 0 unspecified atom stereocenters. The van der Waals surface area contributed by atoms with Crippen molar-refractivity contribution < 1.29 is 14.3 Å². The molecule has 1 N–H and O–H groups in total. The predicted octanol–water partition coefficient (Wildman–Crippen LogP) is 3.18. The highest BCUT2D eigenvalue weighted by atomic mass is 35.5. The number of ether oxygens (including phenoxy) is 2. The fourth-order valence-electron chi connectivity index (χ4n) is 3.58. The molecular weight excluding hydrogens is 418 g/mol. The van der Waals surface area contributed by atoms with Crippen molar-refractivity contribution in [3.05, 3.63) is 65.0 Å². The van der Waals surface area contributed by atoms with Gasteiger partial charge < -0.3 is 18.9 Å². The second kappa shape index (κ2) is 9.98. The van der Waals surface area contributed by atoms with Gasteiger partial charge in [-0.15, -0.1) is 0 Å². The molecule has 164 valence electrons. The lowest BCUT2D eigenvalue weighted by Crippen LogP contribution is -2.42. The maximum absolute atomic E-state index is 12.7. The number of nitrogens with zero attached hydrogens (tertiary/aromatic N) is 4. The SMILES string of the molecule is Cc1nccn1CCC(=O)N1CCO[C@H](c2cc(CCOc3cccc(Cl)c3)[nH]n2)C1. The minimum atomic E-state index is -0.230. The van der Waals surface area contributed by atoms with Crippen molar-refractivity contribution in [1.82, 2.24) is 24.6 Å². The lowest BCUT2D eigenvalue weighted by Gasteiger charge is -2.32. The van der Waals surface area contributed by atoms with Crippen molar-refractivity contribution in [2.75, 3.05) is 26.3 Å². The van der Waals surface area contributed by atoms with E-state index in [9.17, 15) is 4.79 Å². The highest BCUT2D eigenvalue weighted by Gasteiger charge is 2.27. The van der Waals surface area contributed by atoms with Crippen LogP contribution >= 0.6 is 11.6 Å². The van der Waals surface area contributed by atoms with Crippen molar-refractivity contribution in [2.45, 2.75) is 32.4 Å². The van der Waals surface area contributed by atoms with Gasteiger partial charge in [0.15, 0.2) is 0 Å². The van der Waals surface area contributed by atoms with Gasteiger partial charge in [-0.25, -0.2) is 4.98 Å². The number of hydrogen-bond acceptors (Lipinski definition) is 5. The van der Waals surface area contributed by atoms with Gasteiger partial charge in [-0.2, -0.15) is 5.10 Å². The smallest absolute Gasteiger partial charge is 0.224 e. The van der Waals surface area contributed by atoms with Gasteiger partial charge in [-0.1, -0.05) is 17.7 Å². The largest absolute Gasteiger partial charge is 0.493 e. The maximum Gasteiger partial charge on any atom is 0.224 e. The van der Waals surface area contributed by atoms with Gasteiger partial charge in [0.05, 0.1) is 25.5 Å². The fraction of sp³-hybridized carbons (Fsp3) is 0.409. The Balaban J connectivity index is 1.27. The molecule has 3 heterocycles. The molecule has 1 saturated heterocycles. The molecule has 0 spiro atoms. The van der Waals surface area contributed by atoms with E-state index in [1.165, 1.54) is 0 Å². The molecule has 0 radical (unpaired) electrons. The lowest BCUT2D eigenvalue weighted by atomic mass is 10.1. The van der Waals surface area contributed by atoms with Gasteiger partial charge in [0.25, 0.3) is 0 Å². The van der Waals surface area contributed by atoms with E-state index in [-0.39, 0.29) is 12.0 Å². The standard InChI is InChI=1S/C22H26ClN5O3/c1-16-24-7-9-27(16)8-5-22(29)28-10-12-31-21(15-28)20-14-18(25-26-20)6-11-30-19-4-2-3-17(23)13-19/h2-4,7,9,13-14,21H,5-6,8,10-12,15H2,1H3,(H,25,26)/t21-/m0/s1. The Kier molecular flexibility index (Phi) is 6.89. The summed E-state index contributed by atoms with van der Waals surface area (Å²) in [7, 11) is 0. The molecule has 9 heteroatoms. The van der Waals surface area contributed by atoms with Crippen LogP contribution in [0.25, 0.3) is 0 Å². The topological polar surface area (TPSA) is 85.3 Å². The van der Waals surface area contributed by atoms with Crippen LogP contribution in [0.5, 0.6) is 5.75 Å². The number of carbonyl (C=O) groups is 1. The number of aryl methyl sites for hydroxylation is 2. The number of H-pyrrole nitrogens is 1. The maximum atomic E-state index is 12.7. The third kappa shape index (κ3) is 5.65. The first kappa shape index (κ1) is 21.4. The number of benzene rings is 1. The number of imidazole rings is 1. The molecule has 1 aromatic carbocycles. The number of aromatic nitrogens is 4. The summed E-state index contributed by atoms with van der Waals surface area (Å²) in [6, 6.07) is 9.31. The van der Waals surface area contributed by atoms with Gasteiger partial charge in [0.1, 0.15) is 17.7 Å². The molecule has 31 heavy (non-hydrogen) atoms. The van der Waals surface area contributed by atoms with Crippen molar-refractivity contribution >= 4 is 17.5 Å². The Hall–Kier alpha value is -2.84. The predicted molar refractivity (Wildman–Crippen MR) is 116 cm³/mol. The number of aromatic amines is 1. The quantitative estimate of drug-likeness (QED) is 0.578. The average molecular weight is 444 g/mol. The first-order valence-corrected chi connectivity index (χ1v) is 10.8. The number of nitrogens with one attached hydrogen (secondary N) is 1. The summed E-state index contributed by atoms with van der Waals surface area (Å²) in [6.45, 7) is 4.68. The van der Waals surface area contributed by atoms with E-state index >= 15 is 0 Å². The van der Waals surface area contributed by atoms with E-state index in [0.717, 1.165) is 23.0 Å². The van der Waals surface area contributed by atoms with Crippen LogP contribution in [0.15, 0.2) is 42.7 Å². The zero-order valence-corrected chi connectivity index (χ0v) is 18.2. The molecule has 1 aliphatic rings. The van der Waals surface area contributed by atoms with Crippen LogP contribution < -0.4 is 4.74 Å². The third-order valence-electron chi connectivity index (χ3n) is 5.33. The van der Waals surface area contributed by atoms with Crippen LogP contribution in [0, 0.1) is 6.92 Å². The monoisotopic (exact) mass is 443 g/mol. The first-order valence-electron chi connectivity index (χ1n) is 10.4. The van der Waals surface area contributed by atoms with Crippen LogP contribution in [-0.4, -0.2) is 56.9 Å². The van der Waals surface area contributed by atoms with Crippen LogP contribution in [0.1, 0.15) is 29.7 Å².